The van der Waals surface area contributed by atoms with E-state index in [1.165, 1.54) is 11.1 Å². The van der Waals surface area contributed by atoms with E-state index < -0.39 is 0 Å². The van der Waals surface area contributed by atoms with Gasteiger partial charge in [0.2, 0.25) is 5.91 Å². The first kappa shape index (κ1) is 21.1. The lowest BCUT2D eigenvalue weighted by Gasteiger charge is -2.31. The number of nitrogens with one attached hydrogen (secondary N) is 2. The molecule has 1 amide bonds. The van der Waals surface area contributed by atoms with Gasteiger partial charge in [0, 0.05) is 27.7 Å². The fourth-order valence-corrected chi connectivity index (χ4v) is 3.82. The van der Waals surface area contributed by atoms with Gasteiger partial charge in [-0.1, -0.05) is 18.9 Å². The molecule has 1 aromatic rings. The summed E-state index contributed by atoms with van der Waals surface area (Å²) < 4.78 is 5.82. The minimum absolute atomic E-state index is 0.209. The van der Waals surface area contributed by atoms with Gasteiger partial charge in [0.05, 0.1) is 12.0 Å². The van der Waals surface area contributed by atoms with Gasteiger partial charge in [-0.05, 0) is 49.9 Å². The van der Waals surface area contributed by atoms with Crippen LogP contribution in [0.4, 0.5) is 0 Å². The summed E-state index contributed by atoms with van der Waals surface area (Å²) in [6.45, 7) is 5.93. The molecule has 0 aromatic heterocycles. The number of carbonyl (C=O) groups excluding carboxylic acids is 1. The normalized spacial score (nSPS) is 16.1. The minimum atomic E-state index is -0.309. The molecular weight excluding hydrogens is 340 g/mol. The maximum absolute atomic E-state index is 12.6. The summed E-state index contributed by atoms with van der Waals surface area (Å²) in [5.74, 6) is 1.80. The Morgan fingerprint density at radius 1 is 1.15 bits per heavy atom. The van der Waals surface area contributed by atoms with Gasteiger partial charge in [0.1, 0.15) is 12.4 Å². The van der Waals surface area contributed by atoms with Gasteiger partial charge in [-0.25, -0.2) is 0 Å². The number of ether oxygens (including phenoxy) is 1. The predicted molar refractivity (Wildman–Crippen MR) is 110 cm³/mol. The van der Waals surface area contributed by atoms with E-state index >= 15 is 0 Å². The van der Waals surface area contributed by atoms with E-state index in [9.17, 15) is 4.79 Å². The molecule has 1 saturated carbocycles. The van der Waals surface area contributed by atoms with Crippen molar-refractivity contribution in [1.29, 1.82) is 0 Å². The first-order valence-corrected chi connectivity index (χ1v) is 9.74. The van der Waals surface area contributed by atoms with E-state index in [1.807, 2.05) is 26.2 Å². The zero-order valence-electron chi connectivity index (χ0n) is 17.4. The molecule has 2 N–H and O–H groups in total. The van der Waals surface area contributed by atoms with Crippen molar-refractivity contribution in [2.45, 2.75) is 39.5 Å². The molecule has 0 bridgehead atoms. The largest absolute Gasteiger partial charge is 0.492 e. The van der Waals surface area contributed by atoms with Crippen molar-refractivity contribution in [1.82, 2.24) is 15.5 Å². The van der Waals surface area contributed by atoms with Crippen molar-refractivity contribution in [3.63, 3.8) is 0 Å². The molecule has 1 aliphatic carbocycles. The second-order valence-corrected chi connectivity index (χ2v) is 7.71. The van der Waals surface area contributed by atoms with Gasteiger partial charge in [-0.15, -0.1) is 0 Å². The average Bonchev–Trinajstić information content (AvgIpc) is 3.09. The highest BCUT2D eigenvalue weighted by atomic mass is 16.5. The zero-order chi connectivity index (χ0) is 19.9. The molecule has 6 nitrogen and oxygen atoms in total. The Bertz CT molecular complexity index is 644. The molecule has 0 radical (unpaired) electrons. The number of hydrogen-bond donors (Lipinski definition) is 2. The lowest BCUT2D eigenvalue weighted by molar-refractivity contribution is -0.138. The number of aliphatic imine (C=N–C) groups is 1. The maximum atomic E-state index is 12.6. The highest BCUT2D eigenvalue weighted by Gasteiger charge is 2.42. The molecule has 0 unspecified atom stereocenters. The van der Waals surface area contributed by atoms with E-state index in [0.29, 0.717) is 25.7 Å². The molecule has 0 saturated heterocycles. The molecular formula is C21H34N4O2. The number of nitrogens with zero attached hydrogens (tertiary/aromatic N) is 2. The predicted octanol–water partition coefficient (Wildman–Crippen LogP) is 2.50. The highest BCUT2D eigenvalue weighted by molar-refractivity contribution is 5.85. The monoisotopic (exact) mass is 374 g/mol. The van der Waals surface area contributed by atoms with E-state index in [4.69, 9.17) is 4.74 Å². The Morgan fingerprint density at radius 3 is 2.33 bits per heavy atom. The molecule has 2 rings (SSSR count). The summed E-state index contributed by atoms with van der Waals surface area (Å²) in [5.41, 5.74) is 2.09. The summed E-state index contributed by atoms with van der Waals surface area (Å²) in [4.78, 5) is 18.6. The van der Waals surface area contributed by atoms with Gasteiger partial charge >= 0.3 is 0 Å². The van der Waals surface area contributed by atoms with Gasteiger partial charge in [-0.3, -0.25) is 9.79 Å². The molecule has 1 aromatic carbocycles. The molecule has 150 valence electrons. The maximum Gasteiger partial charge on any atom is 0.230 e. The second kappa shape index (κ2) is 9.62. The van der Waals surface area contributed by atoms with E-state index in [-0.39, 0.29) is 11.3 Å². The number of aryl methyl sites for hydroxylation is 2. The SMILES string of the molecule is CN=C(NCCOc1cc(C)cc(C)c1)NCC1(C(=O)N(C)C)CCCC1. The molecule has 6 heteroatoms. The number of amides is 1. The number of hydrogen-bond acceptors (Lipinski definition) is 3. The van der Waals surface area contributed by atoms with Crippen LogP contribution in [0.25, 0.3) is 0 Å². The van der Waals surface area contributed by atoms with Crippen LogP contribution in [0.1, 0.15) is 36.8 Å². The Balaban J connectivity index is 1.80. The van der Waals surface area contributed by atoms with Crippen molar-refractivity contribution < 1.29 is 9.53 Å². The Labute approximate surface area is 163 Å². The second-order valence-electron chi connectivity index (χ2n) is 7.71. The topological polar surface area (TPSA) is 66.0 Å². The quantitative estimate of drug-likeness (QED) is 0.437. The van der Waals surface area contributed by atoms with Crippen molar-refractivity contribution in [2.24, 2.45) is 10.4 Å². The van der Waals surface area contributed by atoms with Crippen LogP contribution in [0.5, 0.6) is 5.75 Å². The fraction of sp³-hybridized carbons (Fsp3) is 0.619. The summed E-state index contributed by atoms with van der Waals surface area (Å²) in [5, 5.41) is 6.61. The minimum Gasteiger partial charge on any atom is -0.492 e. The first-order valence-electron chi connectivity index (χ1n) is 9.74. The number of rotatable bonds is 7. The summed E-state index contributed by atoms with van der Waals surface area (Å²) in [7, 11) is 5.41. The van der Waals surface area contributed by atoms with Gasteiger partial charge in [-0.2, -0.15) is 0 Å². The molecule has 27 heavy (non-hydrogen) atoms. The van der Waals surface area contributed by atoms with Crippen molar-refractivity contribution in [3.8, 4) is 5.75 Å². The Morgan fingerprint density at radius 2 is 1.78 bits per heavy atom. The standard InChI is InChI=1S/C21H34N4O2/c1-16-12-17(2)14-18(13-16)27-11-10-23-20(22-3)24-15-21(8-6-7-9-21)19(26)25(4)5/h12-14H,6-11,15H2,1-5H3,(H2,22,23,24). The smallest absolute Gasteiger partial charge is 0.230 e. The Kier molecular flexibility index (Phi) is 7.51. The Hall–Kier alpha value is -2.24. The van der Waals surface area contributed by atoms with E-state index in [0.717, 1.165) is 31.4 Å². The summed E-state index contributed by atoms with van der Waals surface area (Å²) in [6, 6.07) is 6.21. The molecule has 1 fully saturated rings. The van der Waals surface area contributed by atoms with Crippen LogP contribution >= 0.6 is 0 Å². The molecule has 1 aliphatic rings. The van der Waals surface area contributed by atoms with Crippen LogP contribution < -0.4 is 15.4 Å². The zero-order valence-corrected chi connectivity index (χ0v) is 17.4. The lowest BCUT2D eigenvalue weighted by Crippen LogP contribution is -2.49. The molecule has 0 atom stereocenters. The summed E-state index contributed by atoms with van der Waals surface area (Å²) >= 11 is 0. The van der Waals surface area contributed by atoms with Crippen LogP contribution in [0.2, 0.25) is 0 Å². The van der Waals surface area contributed by atoms with Gasteiger partial charge in [0.25, 0.3) is 0 Å². The van der Waals surface area contributed by atoms with Crippen LogP contribution in [-0.2, 0) is 4.79 Å². The lowest BCUT2D eigenvalue weighted by atomic mass is 9.84. The number of benzene rings is 1. The third-order valence-electron chi connectivity index (χ3n) is 5.10. The van der Waals surface area contributed by atoms with Crippen LogP contribution in [0, 0.1) is 19.3 Å². The first-order chi connectivity index (χ1) is 12.9. The molecule has 0 spiro atoms. The van der Waals surface area contributed by atoms with Crippen molar-refractivity contribution in [2.75, 3.05) is 40.8 Å². The van der Waals surface area contributed by atoms with Crippen molar-refractivity contribution >= 4 is 11.9 Å². The van der Waals surface area contributed by atoms with Crippen LogP contribution in [-0.4, -0.2) is 57.6 Å². The van der Waals surface area contributed by atoms with Crippen LogP contribution in [0.3, 0.4) is 0 Å². The van der Waals surface area contributed by atoms with E-state index in [1.54, 1.807) is 11.9 Å². The highest BCUT2D eigenvalue weighted by Crippen LogP contribution is 2.38. The number of carbonyl (C=O) groups is 1. The third kappa shape index (κ3) is 5.88. The summed E-state index contributed by atoms with van der Waals surface area (Å²) in [6.07, 6.45) is 4.09. The van der Waals surface area contributed by atoms with Gasteiger partial charge < -0.3 is 20.3 Å². The van der Waals surface area contributed by atoms with E-state index in [2.05, 4.69) is 35.5 Å². The fourth-order valence-electron chi connectivity index (χ4n) is 3.82. The number of guanidine groups is 1. The van der Waals surface area contributed by atoms with Crippen molar-refractivity contribution in [3.05, 3.63) is 29.3 Å². The molecule has 0 aliphatic heterocycles. The third-order valence-corrected chi connectivity index (χ3v) is 5.10. The molecule has 0 heterocycles. The van der Waals surface area contributed by atoms with Crippen LogP contribution in [0.15, 0.2) is 23.2 Å². The average molecular weight is 375 g/mol. The van der Waals surface area contributed by atoms with Gasteiger partial charge in [0.15, 0.2) is 5.96 Å².